The topological polar surface area (TPSA) is 74.6 Å². The van der Waals surface area contributed by atoms with E-state index in [1.165, 1.54) is 4.31 Å². The van der Waals surface area contributed by atoms with Crippen molar-refractivity contribution < 1.29 is 21.6 Å². The van der Waals surface area contributed by atoms with E-state index in [0.29, 0.717) is 57.9 Å². The maximum absolute atomic E-state index is 13.0. The van der Waals surface area contributed by atoms with Gasteiger partial charge in [-0.3, -0.25) is 4.90 Å². The highest BCUT2D eigenvalue weighted by molar-refractivity contribution is 7.89. The summed E-state index contributed by atoms with van der Waals surface area (Å²) in [6.07, 6.45) is 0.874. The van der Waals surface area contributed by atoms with Crippen LogP contribution in [0.2, 0.25) is 5.02 Å². The summed E-state index contributed by atoms with van der Waals surface area (Å²) in [6.45, 7) is 7.36. The van der Waals surface area contributed by atoms with Gasteiger partial charge < -0.3 is 9.47 Å². The minimum absolute atomic E-state index is 0.0123. The fourth-order valence-electron chi connectivity index (χ4n) is 4.43. The molecule has 8 nitrogen and oxygen atoms in total. The first-order chi connectivity index (χ1) is 16.0. The summed E-state index contributed by atoms with van der Waals surface area (Å²) in [5.41, 5.74) is -0.863. The van der Waals surface area contributed by atoms with E-state index in [1.54, 1.807) is 17.1 Å². The van der Waals surface area contributed by atoms with Crippen LogP contribution < -0.4 is 4.90 Å². The number of hydrogen-bond donors (Lipinski definition) is 0. The lowest BCUT2D eigenvalue weighted by atomic mass is 10.0. The van der Waals surface area contributed by atoms with Gasteiger partial charge in [-0.25, -0.2) is 18.4 Å². The van der Waals surface area contributed by atoms with Crippen LogP contribution in [0.4, 0.5) is 19.0 Å². The van der Waals surface area contributed by atoms with Gasteiger partial charge in [-0.15, -0.1) is 0 Å². The molecule has 0 N–H and O–H groups in total. The lowest BCUT2D eigenvalue weighted by Crippen LogP contribution is -2.54. The quantitative estimate of drug-likeness (QED) is 0.601. The van der Waals surface area contributed by atoms with E-state index in [-0.39, 0.29) is 22.1 Å². The molecule has 2 fully saturated rings. The predicted molar refractivity (Wildman–Crippen MR) is 122 cm³/mol. The van der Waals surface area contributed by atoms with Crippen molar-refractivity contribution in [3.05, 3.63) is 35.4 Å². The molecule has 0 saturated carbocycles. The Bertz CT molecular complexity index is 1110. The summed E-state index contributed by atoms with van der Waals surface area (Å²) in [4.78, 5) is 12.3. The lowest BCUT2D eigenvalue weighted by Gasteiger charge is -2.42. The second kappa shape index (κ2) is 9.63. The van der Waals surface area contributed by atoms with Crippen molar-refractivity contribution >= 4 is 27.4 Å². The van der Waals surface area contributed by atoms with Crippen LogP contribution in [0.15, 0.2) is 29.8 Å². The van der Waals surface area contributed by atoms with Crippen LogP contribution in [0.5, 0.6) is 0 Å². The summed E-state index contributed by atoms with van der Waals surface area (Å²) in [5.74, 6) is 0.357. The Morgan fingerprint density at radius 2 is 1.71 bits per heavy atom. The molecule has 34 heavy (non-hydrogen) atoms. The molecule has 188 valence electrons. The van der Waals surface area contributed by atoms with Gasteiger partial charge in [-0.05, 0) is 32.8 Å². The van der Waals surface area contributed by atoms with Crippen molar-refractivity contribution in [3.63, 3.8) is 0 Å². The number of anilines is 1. The smallest absolute Gasteiger partial charge is 0.353 e. The van der Waals surface area contributed by atoms with E-state index in [1.807, 2.05) is 18.7 Å². The Kier molecular flexibility index (Phi) is 7.14. The zero-order chi connectivity index (χ0) is 24.7. The fraction of sp³-hybridized carbons (Fsp3) is 0.619. The number of aromatic nitrogens is 3. The zero-order valence-corrected chi connectivity index (χ0v) is 20.6. The van der Waals surface area contributed by atoms with Gasteiger partial charge in [0.25, 0.3) is 10.0 Å². The van der Waals surface area contributed by atoms with Gasteiger partial charge in [0.1, 0.15) is 5.82 Å². The van der Waals surface area contributed by atoms with Gasteiger partial charge in [-0.1, -0.05) is 11.6 Å². The van der Waals surface area contributed by atoms with E-state index < -0.39 is 21.8 Å². The molecule has 0 amide bonds. The Morgan fingerprint density at radius 3 is 2.24 bits per heavy atom. The molecule has 2 aliphatic heterocycles. The minimum Gasteiger partial charge on any atom is -0.353 e. The lowest BCUT2D eigenvalue weighted by molar-refractivity contribution is -0.137. The highest BCUT2D eigenvalue weighted by Crippen LogP contribution is 2.34. The molecule has 0 aliphatic carbocycles. The number of sulfonamides is 1. The summed E-state index contributed by atoms with van der Waals surface area (Å²) in [7, 11) is -3.62. The third-order valence-electron chi connectivity index (χ3n) is 6.48. The standard InChI is InChI=1S/C21H28ClF3N6O2S/c1-15(2)30-13-19(27-14-30)34(32,33)31-5-3-17(4-6-31)28-7-9-29(10-8-28)20-18(22)11-16(12-26-20)21(23,24)25/h11-15,17H,3-10H2,1-2H3. The maximum atomic E-state index is 13.0. The summed E-state index contributed by atoms with van der Waals surface area (Å²) in [5, 5.41) is 0.0656. The molecule has 2 aromatic rings. The Balaban J connectivity index is 1.32. The van der Waals surface area contributed by atoms with Crippen LogP contribution in [0.3, 0.4) is 0 Å². The molecule has 13 heteroatoms. The van der Waals surface area contributed by atoms with Crippen LogP contribution in [-0.4, -0.2) is 77.5 Å². The molecule has 4 heterocycles. The number of pyridine rings is 1. The number of alkyl halides is 3. The largest absolute Gasteiger partial charge is 0.417 e. The highest BCUT2D eigenvalue weighted by Gasteiger charge is 2.35. The van der Waals surface area contributed by atoms with E-state index >= 15 is 0 Å². The number of nitrogens with zero attached hydrogens (tertiary/aromatic N) is 6. The van der Waals surface area contributed by atoms with E-state index in [2.05, 4.69) is 14.9 Å². The number of piperidine rings is 1. The summed E-state index contributed by atoms with van der Waals surface area (Å²) >= 11 is 6.10. The van der Waals surface area contributed by atoms with Crippen molar-refractivity contribution in [1.29, 1.82) is 0 Å². The monoisotopic (exact) mass is 520 g/mol. The summed E-state index contributed by atoms with van der Waals surface area (Å²) in [6, 6.07) is 1.29. The molecule has 0 radical (unpaired) electrons. The van der Waals surface area contributed by atoms with Crippen LogP contribution in [0.1, 0.15) is 38.3 Å². The molecule has 4 rings (SSSR count). The van der Waals surface area contributed by atoms with Crippen LogP contribution in [-0.2, 0) is 16.2 Å². The minimum atomic E-state index is -4.48. The normalized spacial score (nSPS) is 19.8. The molecule has 0 spiro atoms. The van der Waals surface area contributed by atoms with Gasteiger partial charge in [0.05, 0.1) is 16.9 Å². The van der Waals surface area contributed by atoms with Crippen molar-refractivity contribution in [2.24, 2.45) is 0 Å². The van der Waals surface area contributed by atoms with Crippen molar-refractivity contribution in [2.75, 3.05) is 44.2 Å². The van der Waals surface area contributed by atoms with Gasteiger partial charge >= 0.3 is 6.18 Å². The third kappa shape index (κ3) is 5.19. The fourth-order valence-corrected chi connectivity index (χ4v) is 6.11. The number of rotatable bonds is 5. The van der Waals surface area contributed by atoms with Crippen LogP contribution in [0.25, 0.3) is 0 Å². The zero-order valence-electron chi connectivity index (χ0n) is 19.0. The van der Waals surface area contributed by atoms with Gasteiger partial charge in [0.15, 0.2) is 5.03 Å². The van der Waals surface area contributed by atoms with E-state index in [0.717, 1.165) is 12.3 Å². The SMILES string of the molecule is CC(C)n1cnc(S(=O)(=O)N2CCC(N3CCN(c4ncc(C(F)(F)F)cc4Cl)CC3)CC2)c1. The third-order valence-corrected chi connectivity index (χ3v) is 8.54. The molecular formula is C21H28ClF3N6O2S. The second-order valence-corrected chi connectivity index (χ2v) is 11.2. The highest BCUT2D eigenvalue weighted by atomic mass is 35.5. The molecule has 0 aromatic carbocycles. The Morgan fingerprint density at radius 1 is 1.06 bits per heavy atom. The van der Waals surface area contributed by atoms with Crippen molar-refractivity contribution in [2.45, 2.75) is 50.0 Å². The van der Waals surface area contributed by atoms with Crippen LogP contribution >= 0.6 is 11.6 Å². The first-order valence-electron chi connectivity index (χ1n) is 11.2. The average molecular weight is 521 g/mol. The molecule has 2 saturated heterocycles. The number of imidazole rings is 1. The first-order valence-corrected chi connectivity index (χ1v) is 13.0. The molecule has 2 aliphatic rings. The molecule has 0 bridgehead atoms. The predicted octanol–water partition coefficient (Wildman–Crippen LogP) is 3.51. The van der Waals surface area contributed by atoms with Gasteiger partial charge in [0, 0.05) is 63.7 Å². The van der Waals surface area contributed by atoms with E-state index in [4.69, 9.17) is 11.6 Å². The maximum Gasteiger partial charge on any atom is 0.417 e. The molecular weight excluding hydrogens is 493 g/mol. The van der Waals surface area contributed by atoms with E-state index in [9.17, 15) is 21.6 Å². The number of hydrogen-bond acceptors (Lipinski definition) is 6. The molecule has 0 atom stereocenters. The number of piperazine rings is 1. The van der Waals surface area contributed by atoms with Crippen molar-refractivity contribution in [3.8, 4) is 0 Å². The summed E-state index contributed by atoms with van der Waals surface area (Å²) < 4.78 is 67.8. The second-order valence-electron chi connectivity index (χ2n) is 8.94. The number of halogens is 4. The Labute approximate surface area is 202 Å². The van der Waals surface area contributed by atoms with Crippen LogP contribution in [0, 0.1) is 0 Å². The first kappa shape index (κ1) is 25.2. The van der Waals surface area contributed by atoms with Gasteiger partial charge in [-0.2, -0.15) is 17.5 Å². The van der Waals surface area contributed by atoms with Crippen molar-refractivity contribution in [1.82, 2.24) is 23.7 Å². The Hall–Kier alpha value is -1.89. The molecule has 2 aromatic heterocycles. The average Bonchev–Trinajstić information content (AvgIpc) is 3.30. The molecule has 0 unspecified atom stereocenters. The van der Waals surface area contributed by atoms with Gasteiger partial charge in [0.2, 0.25) is 0 Å².